The summed E-state index contributed by atoms with van der Waals surface area (Å²) in [7, 11) is 0. The van der Waals surface area contributed by atoms with Gasteiger partial charge in [-0.05, 0) is 22.9 Å². The van der Waals surface area contributed by atoms with Crippen LogP contribution in [0.5, 0.6) is 0 Å². The van der Waals surface area contributed by atoms with Crippen LogP contribution in [0.3, 0.4) is 0 Å². The van der Waals surface area contributed by atoms with Crippen LogP contribution >= 0.6 is 0 Å². The fraction of sp³-hybridized carbons (Fsp3) is 0.143. The Hall–Kier alpha value is -3.18. The number of aliphatic hydroxyl groups excluding tert-OH is 1. The second kappa shape index (κ2) is 6.98. The highest BCUT2D eigenvalue weighted by Gasteiger charge is 2.16. The summed E-state index contributed by atoms with van der Waals surface area (Å²) in [5.41, 5.74) is 2.41. The molecule has 0 atom stereocenters. The number of hydrogen-bond acceptors (Lipinski definition) is 4. The summed E-state index contributed by atoms with van der Waals surface area (Å²) < 4.78 is 1.87. The molecule has 5 nitrogen and oxygen atoms in total. The summed E-state index contributed by atoms with van der Waals surface area (Å²) in [6, 6.07) is 21.4. The molecular formula is C21H19N3O2. The van der Waals surface area contributed by atoms with E-state index in [0.29, 0.717) is 18.1 Å². The predicted molar refractivity (Wildman–Crippen MR) is 104 cm³/mol. The first-order valence-electron chi connectivity index (χ1n) is 8.59. The van der Waals surface area contributed by atoms with Gasteiger partial charge < -0.3 is 15.0 Å². The zero-order valence-corrected chi connectivity index (χ0v) is 14.2. The van der Waals surface area contributed by atoms with Gasteiger partial charge in [0.05, 0.1) is 24.2 Å². The third kappa shape index (κ3) is 2.93. The molecule has 0 aliphatic rings. The Bertz CT molecular complexity index is 1080. The number of Topliss-reactive ketones (excluding diaryl/α,β-unsaturated/α-hetero) is 1. The standard InChI is InChI=1S/C21H19N3O2/c25-13-12-22-21-23-18-10-3-4-11-19(18)24(21)14-20(26)17-9-5-7-15-6-1-2-8-16(15)17/h1-11,25H,12-14H2,(H,22,23). The number of ketones is 1. The Balaban J connectivity index is 1.75. The highest BCUT2D eigenvalue weighted by Crippen LogP contribution is 2.23. The fourth-order valence-electron chi connectivity index (χ4n) is 3.24. The molecule has 0 bridgehead atoms. The molecule has 4 aromatic rings. The largest absolute Gasteiger partial charge is 0.395 e. The van der Waals surface area contributed by atoms with Crippen molar-refractivity contribution in [2.75, 3.05) is 18.5 Å². The lowest BCUT2D eigenvalue weighted by Crippen LogP contribution is -2.16. The van der Waals surface area contributed by atoms with Crippen LogP contribution < -0.4 is 5.32 Å². The maximum Gasteiger partial charge on any atom is 0.204 e. The molecule has 0 aliphatic carbocycles. The molecule has 130 valence electrons. The molecule has 0 aliphatic heterocycles. The van der Waals surface area contributed by atoms with E-state index >= 15 is 0 Å². The topological polar surface area (TPSA) is 67.2 Å². The molecule has 0 saturated heterocycles. The van der Waals surface area contributed by atoms with Crippen LogP contribution in [0.2, 0.25) is 0 Å². The number of nitrogens with zero attached hydrogens (tertiary/aromatic N) is 2. The van der Waals surface area contributed by atoms with Gasteiger partial charge >= 0.3 is 0 Å². The molecule has 5 heteroatoms. The van der Waals surface area contributed by atoms with Crippen molar-refractivity contribution in [2.45, 2.75) is 6.54 Å². The summed E-state index contributed by atoms with van der Waals surface area (Å²) in [5, 5.41) is 14.2. The number of para-hydroxylation sites is 2. The van der Waals surface area contributed by atoms with Crippen LogP contribution in [0.15, 0.2) is 66.7 Å². The average molecular weight is 345 g/mol. The summed E-state index contributed by atoms with van der Waals surface area (Å²) in [4.78, 5) is 17.6. The highest BCUT2D eigenvalue weighted by molar-refractivity contribution is 6.08. The van der Waals surface area contributed by atoms with E-state index in [2.05, 4.69) is 10.3 Å². The van der Waals surface area contributed by atoms with Gasteiger partial charge in [-0.1, -0.05) is 54.6 Å². The zero-order valence-electron chi connectivity index (χ0n) is 14.2. The van der Waals surface area contributed by atoms with Crippen LogP contribution in [0.4, 0.5) is 5.95 Å². The summed E-state index contributed by atoms with van der Waals surface area (Å²) in [6.45, 7) is 0.564. The van der Waals surface area contributed by atoms with Crippen LogP contribution in [-0.2, 0) is 6.54 Å². The number of imidazole rings is 1. The highest BCUT2D eigenvalue weighted by atomic mass is 16.3. The lowest BCUT2D eigenvalue weighted by Gasteiger charge is -2.11. The van der Waals surface area contributed by atoms with Crippen LogP contribution in [0.25, 0.3) is 21.8 Å². The molecule has 26 heavy (non-hydrogen) atoms. The van der Waals surface area contributed by atoms with Gasteiger partial charge in [0.2, 0.25) is 5.95 Å². The molecule has 4 rings (SSSR count). The minimum Gasteiger partial charge on any atom is -0.395 e. The molecule has 1 aromatic heterocycles. The third-order valence-corrected chi connectivity index (χ3v) is 4.44. The van der Waals surface area contributed by atoms with Crippen molar-refractivity contribution in [2.24, 2.45) is 0 Å². The third-order valence-electron chi connectivity index (χ3n) is 4.44. The minimum atomic E-state index is 0.000471. The molecule has 2 N–H and O–H groups in total. The van der Waals surface area contributed by atoms with Crippen LogP contribution in [0, 0.1) is 0 Å². The van der Waals surface area contributed by atoms with Crippen LogP contribution in [-0.4, -0.2) is 33.6 Å². The normalized spacial score (nSPS) is 11.1. The first-order chi connectivity index (χ1) is 12.8. The van der Waals surface area contributed by atoms with E-state index < -0.39 is 0 Å². The quantitative estimate of drug-likeness (QED) is 0.525. The predicted octanol–water partition coefficient (Wildman–Crippen LogP) is 3.48. The molecule has 0 unspecified atom stereocenters. The molecule has 0 saturated carbocycles. The molecule has 0 amide bonds. The monoisotopic (exact) mass is 345 g/mol. The number of aliphatic hydroxyl groups is 1. The van der Waals surface area contributed by atoms with Crippen molar-refractivity contribution in [3.8, 4) is 0 Å². The Morgan fingerprint density at radius 1 is 1.00 bits per heavy atom. The van der Waals surface area contributed by atoms with E-state index in [1.54, 1.807) is 0 Å². The molecule has 0 spiro atoms. The van der Waals surface area contributed by atoms with Gasteiger partial charge in [-0.2, -0.15) is 0 Å². The van der Waals surface area contributed by atoms with E-state index in [9.17, 15) is 4.79 Å². The van der Waals surface area contributed by atoms with Gasteiger partial charge in [0.25, 0.3) is 0 Å². The summed E-state index contributed by atoms with van der Waals surface area (Å²) in [5.74, 6) is 0.617. The first kappa shape index (κ1) is 16.3. The van der Waals surface area contributed by atoms with Gasteiger partial charge in [-0.3, -0.25) is 4.79 Å². The smallest absolute Gasteiger partial charge is 0.204 e. The number of carbonyl (C=O) groups excluding carboxylic acids is 1. The lowest BCUT2D eigenvalue weighted by atomic mass is 10.0. The van der Waals surface area contributed by atoms with E-state index in [1.165, 1.54) is 0 Å². The second-order valence-corrected chi connectivity index (χ2v) is 6.11. The molecular weight excluding hydrogens is 326 g/mol. The van der Waals surface area contributed by atoms with Gasteiger partial charge in [0, 0.05) is 12.1 Å². The fourth-order valence-corrected chi connectivity index (χ4v) is 3.24. The number of carbonyl (C=O) groups is 1. The zero-order chi connectivity index (χ0) is 17.9. The Morgan fingerprint density at radius 2 is 1.77 bits per heavy atom. The first-order valence-corrected chi connectivity index (χ1v) is 8.59. The van der Waals surface area contributed by atoms with Gasteiger partial charge in [0.1, 0.15) is 0 Å². The molecule has 3 aromatic carbocycles. The minimum absolute atomic E-state index is 0.000471. The van der Waals surface area contributed by atoms with E-state index in [-0.39, 0.29) is 18.9 Å². The van der Waals surface area contributed by atoms with Crippen molar-refractivity contribution >= 4 is 33.5 Å². The van der Waals surface area contributed by atoms with Gasteiger partial charge in [-0.15, -0.1) is 0 Å². The van der Waals surface area contributed by atoms with E-state index in [0.717, 1.165) is 21.8 Å². The number of rotatable bonds is 6. The second-order valence-electron chi connectivity index (χ2n) is 6.11. The Labute approximate surface area is 150 Å². The summed E-state index contributed by atoms with van der Waals surface area (Å²) in [6.07, 6.45) is 0. The number of hydrogen-bond donors (Lipinski definition) is 2. The molecule has 1 heterocycles. The van der Waals surface area contributed by atoms with Crippen LogP contribution in [0.1, 0.15) is 10.4 Å². The number of benzene rings is 3. The van der Waals surface area contributed by atoms with Crippen molar-refractivity contribution in [3.63, 3.8) is 0 Å². The summed E-state index contributed by atoms with van der Waals surface area (Å²) >= 11 is 0. The number of fused-ring (bicyclic) bond motifs is 2. The van der Waals surface area contributed by atoms with E-state index in [1.807, 2.05) is 71.3 Å². The van der Waals surface area contributed by atoms with Crippen molar-refractivity contribution in [3.05, 3.63) is 72.3 Å². The molecule has 0 radical (unpaired) electrons. The van der Waals surface area contributed by atoms with E-state index in [4.69, 9.17) is 5.11 Å². The number of nitrogens with one attached hydrogen (secondary N) is 1. The number of aromatic nitrogens is 2. The Kier molecular flexibility index (Phi) is 4.37. The van der Waals surface area contributed by atoms with Crippen molar-refractivity contribution < 1.29 is 9.90 Å². The van der Waals surface area contributed by atoms with Crippen molar-refractivity contribution in [1.29, 1.82) is 0 Å². The Morgan fingerprint density at radius 3 is 2.65 bits per heavy atom. The number of anilines is 1. The maximum atomic E-state index is 13.1. The van der Waals surface area contributed by atoms with Gasteiger partial charge in [-0.25, -0.2) is 4.98 Å². The average Bonchev–Trinajstić information content (AvgIpc) is 3.03. The maximum absolute atomic E-state index is 13.1. The lowest BCUT2D eigenvalue weighted by molar-refractivity contribution is 0.0975. The van der Waals surface area contributed by atoms with Gasteiger partial charge in [0.15, 0.2) is 5.78 Å². The molecule has 0 fully saturated rings. The SMILES string of the molecule is O=C(Cn1c(NCCO)nc2ccccc21)c1cccc2ccccc12. The van der Waals surface area contributed by atoms with Crippen molar-refractivity contribution in [1.82, 2.24) is 9.55 Å².